The second-order valence-electron chi connectivity index (χ2n) is 9.91. The minimum Gasteiger partial charge on any atom is -0.466 e. The summed E-state index contributed by atoms with van der Waals surface area (Å²) in [5, 5.41) is 4.87. The third-order valence-corrected chi connectivity index (χ3v) is 8.75. The first-order valence-electron chi connectivity index (χ1n) is 13.5. The molecule has 3 aromatic carbocycles. The molecular formula is C33H25BrN4O5S. The SMILES string of the molecule is COC(=O)C1=C(C)N=c2sc(=Cc3cn(-c4ccccc4)nc3-c3ccc(Br)cc3)c(=O)n2C1c1ccc(C(=O)OC)cc1. The molecule has 44 heavy (non-hydrogen) atoms. The number of hydrogen-bond donors (Lipinski definition) is 0. The summed E-state index contributed by atoms with van der Waals surface area (Å²) < 4.78 is 14.6. The summed E-state index contributed by atoms with van der Waals surface area (Å²) in [6.07, 6.45) is 3.70. The van der Waals surface area contributed by atoms with Crippen molar-refractivity contribution in [2.24, 2.45) is 4.99 Å². The molecule has 0 saturated heterocycles. The lowest BCUT2D eigenvalue weighted by molar-refractivity contribution is -0.136. The van der Waals surface area contributed by atoms with Crippen LogP contribution in [0, 0.1) is 0 Å². The molecule has 6 rings (SSSR count). The molecule has 9 nitrogen and oxygen atoms in total. The summed E-state index contributed by atoms with van der Waals surface area (Å²) in [4.78, 5) is 44.3. The van der Waals surface area contributed by atoms with Gasteiger partial charge in [0.25, 0.3) is 5.56 Å². The molecule has 1 atom stereocenters. The van der Waals surface area contributed by atoms with Crippen molar-refractivity contribution in [2.45, 2.75) is 13.0 Å². The van der Waals surface area contributed by atoms with Crippen LogP contribution in [0.1, 0.15) is 34.5 Å². The van der Waals surface area contributed by atoms with Gasteiger partial charge in [-0.1, -0.05) is 69.7 Å². The average Bonchev–Trinajstić information content (AvgIpc) is 3.61. The number of carbonyl (C=O) groups excluding carboxylic acids is 2. The zero-order valence-electron chi connectivity index (χ0n) is 23.9. The molecule has 0 N–H and O–H groups in total. The minimum absolute atomic E-state index is 0.240. The number of allylic oxidation sites excluding steroid dienone is 1. The molecule has 1 aliphatic rings. The first kappa shape index (κ1) is 29.2. The smallest absolute Gasteiger partial charge is 0.338 e. The number of fused-ring (bicyclic) bond motifs is 1. The Morgan fingerprint density at radius 2 is 1.61 bits per heavy atom. The van der Waals surface area contributed by atoms with Crippen molar-refractivity contribution in [1.29, 1.82) is 0 Å². The first-order valence-corrected chi connectivity index (χ1v) is 15.1. The van der Waals surface area contributed by atoms with Crippen LogP contribution in [0.25, 0.3) is 23.0 Å². The highest BCUT2D eigenvalue weighted by molar-refractivity contribution is 9.10. The fourth-order valence-corrected chi connectivity index (χ4v) is 6.41. The van der Waals surface area contributed by atoms with Crippen molar-refractivity contribution in [2.75, 3.05) is 14.2 Å². The molecule has 220 valence electrons. The Morgan fingerprint density at radius 1 is 0.932 bits per heavy atom. The van der Waals surface area contributed by atoms with Gasteiger partial charge in [0.05, 0.1) is 53.0 Å². The van der Waals surface area contributed by atoms with Gasteiger partial charge in [-0.05, 0) is 55.0 Å². The van der Waals surface area contributed by atoms with E-state index in [1.165, 1.54) is 30.1 Å². The van der Waals surface area contributed by atoms with E-state index in [1.807, 2.05) is 66.9 Å². The van der Waals surface area contributed by atoms with E-state index >= 15 is 0 Å². The highest BCUT2D eigenvalue weighted by Crippen LogP contribution is 2.31. The summed E-state index contributed by atoms with van der Waals surface area (Å²) in [7, 11) is 2.60. The van der Waals surface area contributed by atoms with Crippen molar-refractivity contribution in [3.05, 3.63) is 137 Å². The molecule has 0 radical (unpaired) electrons. The van der Waals surface area contributed by atoms with E-state index in [-0.39, 0.29) is 11.1 Å². The Hall–Kier alpha value is -4.87. The molecule has 1 aliphatic heterocycles. The predicted molar refractivity (Wildman–Crippen MR) is 170 cm³/mol. The van der Waals surface area contributed by atoms with Gasteiger partial charge in [-0.3, -0.25) is 9.36 Å². The van der Waals surface area contributed by atoms with Crippen LogP contribution in [0.4, 0.5) is 0 Å². The van der Waals surface area contributed by atoms with Crippen molar-refractivity contribution >= 4 is 45.3 Å². The number of carbonyl (C=O) groups is 2. The standard InChI is InChI=1S/C33H25BrN4O5S/c1-19-27(32(41)43-3)29(21-9-11-22(12-10-21)31(40)42-2)38-30(39)26(44-33(38)35-19)17-23-18-37(25-7-5-4-6-8-25)36-28(23)20-13-15-24(34)16-14-20/h4-18,29H,1-3H3. The van der Waals surface area contributed by atoms with Gasteiger partial charge in [0.2, 0.25) is 0 Å². The monoisotopic (exact) mass is 668 g/mol. The third kappa shape index (κ3) is 5.36. The summed E-state index contributed by atoms with van der Waals surface area (Å²) in [6.45, 7) is 1.72. The summed E-state index contributed by atoms with van der Waals surface area (Å²) in [5.41, 5.74) is 4.53. The van der Waals surface area contributed by atoms with Crippen LogP contribution in [0.15, 0.2) is 111 Å². The van der Waals surface area contributed by atoms with Gasteiger partial charge in [0, 0.05) is 21.8 Å². The van der Waals surface area contributed by atoms with Gasteiger partial charge in [0.15, 0.2) is 4.80 Å². The Bertz CT molecular complexity index is 2110. The number of aromatic nitrogens is 3. The number of hydrogen-bond acceptors (Lipinski definition) is 8. The number of benzene rings is 3. The van der Waals surface area contributed by atoms with Crippen LogP contribution in [-0.2, 0) is 14.3 Å². The van der Waals surface area contributed by atoms with E-state index in [0.717, 1.165) is 21.3 Å². The number of thiazole rings is 1. The fourth-order valence-electron chi connectivity index (χ4n) is 5.11. The van der Waals surface area contributed by atoms with Gasteiger partial charge >= 0.3 is 11.9 Å². The second-order valence-corrected chi connectivity index (χ2v) is 11.8. The molecule has 0 amide bonds. The quantitative estimate of drug-likeness (QED) is 0.241. The maximum atomic E-state index is 14.2. The number of ether oxygens (including phenoxy) is 2. The van der Waals surface area contributed by atoms with Gasteiger partial charge < -0.3 is 9.47 Å². The van der Waals surface area contributed by atoms with Crippen LogP contribution in [0.3, 0.4) is 0 Å². The van der Waals surface area contributed by atoms with Crippen LogP contribution >= 0.6 is 27.3 Å². The number of halogens is 1. The summed E-state index contributed by atoms with van der Waals surface area (Å²) >= 11 is 4.72. The van der Waals surface area contributed by atoms with E-state index in [9.17, 15) is 14.4 Å². The first-order chi connectivity index (χ1) is 21.3. The zero-order chi connectivity index (χ0) is 31.0. The van der Waals surface area contributed by atoms with Crippen LogP contribution in [0.2, 0.25) is 0 Å². The predicted octanol–water partition coefficient (Wildman–Crippen LogP) is 4.81. The molecule has 1 unspecified atom stereocenters. The lowest BCUT2D eigenvalue weighted by atomic mass is 9.95. The largest absolute Gasteiger partial charge is 0.466 e. The third-order valence-electron chi connectivity index (χ3n) is 7.24. The molecule has 0 saturated carbocycles. The Morgan fingerprint density at radius 3 is 2.27 bits per heavy atom. The molecule has 5 aromatic rings. The lowest BCUT2D eigenvalue weighted by Crippen LogP contribution is -2.39. The molecular weight excluding hydrogens is 644 g/mol. The van der Waals surface area contributed by atoms with Crippen molar-refractivity contribution in [3.8, 4) is 16.9 Å². The van der Waals surface area contributed by atoms with Crippen molar-refractivity contribution < 1.29 is 19.1 Å². The van der Waals surface area contributed by atoms with E-state index < -0.39 is 18.0 Å². The van der Waals surface area contributed by atoms with E-state index in [4.69, 9.17) is 14.6 Å². The molecule has 2 aromatic heterocycles. The molecule has 0 fully saturated rings. The van der Waals surface area contributed by atoms with E-state index in [2.05, 4.69) is 20.9 Å². The van der Waals surface area contributed by atoms with Gasteiger partial charge in [-0.2, -0.15) is 5.10 Å². The zero-order valence-corrected chi connectivity index (χ0v) is 26.3. The average molecular weight is 670 g/mol. The number of rotatable bonds is 6. The van der Waals surface area contributed by atoms with Gasteiger partial charge in [0.1, 0.15) is 0 Å². The molecule has 0 spiro atoms. The van der Waals surface area contributed by atoms with E-state index in [1.54, 1.807) is 35.9 Å². The van der Waals surface area contributed by atoms with Crippen LogP contribution in [-0.4, -0.2) is 40.5 Å². The molecule has 0 bridgehead atoms. The number of esters is 2. The lowest BCUT2D eigenvalue weighted by Gasteiger charge is -2.24. The molecule has 3 heterocycles. The second kappa shape index (κ2) is 12.0. The highest BCUT2D eigenvalue weighted by Gasteiger charge is 2.33. The topological polar surface area (TPSA) is 105 Å². The summed E-state index contributed by atoms with van der Waals surface area (Å²) in [5.74, 6) is -1.08. The van der Waals surface area contributed by atoms with Crippen LogP contribution in [0.5, 0.6) is 0 Å². The van der Waals surface area contributed by atoms with Crippen LogP contribution < -0.4 is 14.9 Å². The molecule has 0 aliphatic carbocycles. The Labute approximate surface area is 264 Å². The Balaban J connectivity index is 1.54. The normalized spacial score (nSPS) is 14.6. The van der Waals surface area contributed by atoms with Crippen molar-refractivity contribution in [1.82, 2.24) is 14.3 Å². The summed E-state index contributed by atoms with van der Waals surface area (Å²) in [6, 6.07) is 23.3. The molecule has 11 heteroatoms. The maximum absolute atomic E-state index is 14.2. The van der Waals surface area contributed by atoms with Gasteiger partial charge in [-0.15, -0.1) is 0 Å². The highest BCUT2D eigenvalue weighted by atomic mass is 79.9. The number of methoxy groups -OCH3 is 2. The fraction of sp³-hybridized carbons (Fsp3) is 0.121. The van der Waals surface area contributed by atoms with Gasteiger partial charge in [-0.25, -0.2) is 19.3 Å². The van der Waals surface area contributed by atoms with Crippen molar-refractivity contribution in [3.63, 3.8) is 0 Å². The van der Waals surface area contributed by atoms with E-state index in [0.29, 0.717) is 31.9 Å². The number of para-hydroxylation sites is 1. The Kier molecular flexibility index (Phi) is 7.98. The maximum Gasteiger partial charge on any atom is 0.338 e. The number of nitrogens with zero attached hydrogens (tertiary/aromatic N) is 4. The minimum atomic E-state index is -0.814.